The van der Waals surface area contributed by atoms with Crippen molar-refractivity contribution in [3.8, 4) is 0 Å². The van der Waals surface area contributed by atoms with Gasteiger partial charge in [-0.05, 0) is 87.5 Å². The zero-order valence-corrected chi connectivity index (χ0v) is 16.2. The molecule has 0 aromatic rings. The number of oxime groups is 2. The van der Waals surface area contributed by atoms with E-state index in [2.05, 4.69) is 30.2 Å². The van der Waals surface area contributed by atoms with Crippen LogP contribution in [-0.2, 0) is 0 Å². The Kier molecular flexibility index (Phi) is 4.03. The normalized spacial score (nSPS) is 50.0. The van der Waals surface area contributed by atoms with Gasteiger partial charge in [0.15, 0.2) is 0 Å². The van der Waals surface area contributed by atoms with Gasteiger partial charge in [-0.2, -0.15) is 0 Å². The minimum Gasteiger partial charge on any atom is -0.411 e. The maximum Gasteiger partial charge on any atom is 0.111 e. The lowest BCUT2D eigenvalue weighted by Crippen LogP contribution is -2.57. The highest BCUT2D eigenvalue weighted by Gasteiger charge is 2.64. The lowest BCUT2D eigenvalue weighted by atomic mass is 9.46. The third-order valence-electron chi connectivity index (χ3n) is 9.01. The van der Waals surface area contributed by atoms with Gasteiger partial charge in [0.2, 0.25) is 0 Å². The van der Waals surface area contributed by atoms with E-state index in [1.165, 1.54) is 5.57 Å². The average Bonchev–Trinajstić information content (AvgIpc) is 2.92. The average molecular weight is 360 g/mol. The first-order chi connectivity index (χ1) is 12.3. The molecule has 26 heavy (non-hydrogen) atoms. The lowest BCUT2D eigenvalue weighted by Gasteiger charge is -2.59. The second-order valence-electron chi connectivity index (χ2n) is 9.63. The first kappa shape index (κ1) is 18.0. The van der Waals surface area contributed by atoms with Crippen molar-refractivity contribution in [1.82, 2.24) is 0 Å². The molecule has 5 heteroatoms. The van der Waals surface area contributed by atoms with Crippen molar-refractivity contribution in [2.75, 3.05) is 0 Å². The van der Waals surface area contributed by atoms with Crippen LogP contribution in [0, 0.1) is 28.6 Å². The third kappa shape index (κ3) is 2.12. The lowest BCUT2D eigenvalue weighted by molar-refractivity contribution is -0.0952. The second-order valence-corrected chi connectivity index (χ2v) is 9.63. The van der Waals surface area contributed by atoms with Crippen molar-refractivity contribution in [1.29, 1.82) is 0 Å². The standard InChI is InChI=1S/C21H32N2O3/c1-13(22-25)21(24)11-8-18-16-5-4-14-12-15(23-26)6-9-19(14,2)17(16)7-10-20(18,21)3/h12,16-18,24-26H,4-11H2,1-3H3. The van der Waals surface area contributed by atoms with Crippen LogP contribution in [-0.4, -0.2) is 32.5 Å². The summed E-state index contributed by atoms with van der Waals surface area (Å²) < 4.78 is 0. The van der Waals surface area contributed by atoms with Crippen LogP contribution < -0.4 is 0 Å². The van der Waals surface area contributed by atoms with Crippen LogP contribution in [0.5, 0.6) is 0 Å². The van der Waals surface area contributed by atoms with E-state index in [1.54, 1.807) is 6.92 Å². The van der Waals surface area contributed by atoms with E-state index < -0.39 is 5.60 Å². The molecule has 0 amide bonds. The van der Waals surface area contributed by atoms with Crippen molar-refractivity contribution in [2.24, 2.45) is 38.9 Å². The van der Waals surface area contributed by atoms with Gasteiger partial charge in [0.05, 0.1) is 11.4 Å². The number of hydrogen-bond donors (Lipinski definition) is 3. The van der Waals surface area contributed by atoms with Gasteiger partial charge in [-0.1, -0.05) is 29.7 Å². The van der Waals surface area contributed by atoms with Crippen molar-refractivity contribution >= 4 is 11.4 Å². The van der Waals surface area contributed by atoms with Crippen molar-refractivity contribution in [3.05, 3.63) is 11.6 Å². The summed E-state index contributed by atoms with van der Waals surface area (Å²) in [5.74, 6) is 1.73. The van der Waals surface area contributed by atoms with Gasteiger partial charge in [0, 0.05) is 5.41 Å². The largest absolute Gasteiger partial charge is 0.411 e. The molecule has 3 fully saturated rings. The van der Waals surface area contributed by atoms with Gasteiger partial charge in [-0.25, -0.2) is 0 Å². The molecule has 4 aliphatic carbocycles. The van der Waals surface area contributed by atoms with E-state index in [0.717, 1.165) is 50.7 Å². The van der Waals surface area contributed by atoms with Gasteiger partial charge >= 0.3 is 0 Å². The quantitative estimate of drug-likeness (QED) is 0.369. The van der Waals surface area contributed by atoms with Crippen molar-refractivity contribution in [3.63, 3.8) is 0 Å². The molecule has 6 unspecified atom stereocenters. The second kappa shape index (κ2) is 5.82. The molecule has 0 spiro atoms. The summed E-state index contributed by atoms with van der Waals surface area (Å²) >= 11 is 0. The van der Waals surface area contributed by atoms with Gasteiger partial charge in [-0.3, -0.25) is 0 Å². The maximum atomic E-state index is 11.4. The van der Waals surface area contributed by atoms with E-state index in [-0.39, 0.29) is 10.8 Å². The van der Waals surface area contributed by atoms with Crippen LogP contribution in [0.25, 0.3) is 0 Å². The molecule has 4 rings (SSSR count). The van der Waals surface area contributed by atoms with Gasteiger partial charge in [0.1, 0.15) is 5.60 Å². The van der Waals surface area contributed by atoms with E-state index in [4.69, 9.17) is 0 Å². The molecule has 144 valence electrons. The smallest absolute Gasteiger partial charge is 0.111 e. The SMILES string of the molecule is CC(=NO)C1(O)CCC2C3CCC4=CC(=NO)CCC4(C)C3CCC21C. The summed E-state index contributed by atoms with van der Waals surface area (Å²) in [5, 5.41) is 36.8. The summed E-state index contributed by atoms with van der Waals surface area (Å²) in [6.07, 6.45) is 10.1. The molecule has 0 aromatic heterocycles. The molecule has 3 saturated carbocycles. The minimum atomic E-state index is -0.975. The number of nitrogens with zero attached hydrogens (tertiary/aromatic N) is 2. The van der Waals surface area contributed by atoms with E-state index >= 15 is 0 Å². The summed E-state index contributed by atoms with van der Waals surface area (Å²) in [5.41, 5.74) is 1.78. The highest BCUT2D eigenvalue weighted by molar-refractivity contribution is 5.96. The summed E-state index contributed by atoms with van der Waals surface area (Å²) in [4.78, 5) is 0. The van der Waals surface area contributed by atoms with Gasteiger partial charge in [-0.15, -0.1) is 0 Å². The Morgan fingerprint density at radius 1 is 1.04 bits per heavy atom. The molecular formula is C21H32N2O3. The van der Waals surface area contributed by atoms with Crippen LogP contribution in [0.3, 0.4) is 0 Å². The molecule has 4 aliphatic rings. The van der Waals surface area contributed by atoms with Crippen LogP contribution >= 0.6 is 0 Å². The molecular weight excluding hydrogens is 328 g/mol. The van der Waals surface area contributed by atoms with Crippen molar-refractivity contribution < 1.29 is 15.5 Å². The number of hydrogen-bond acceptors (Lipinski definition) is 5. The molecule has 0 aromatic carbocycles. The molecule has 5 nitrogen and oxygen atoms in total. The van der Waals surface area contributed by atoms with Crippen LogP contribution in [0.15, 0.2) is 22.0 Å². The fourth-order valence-corrected chi connectivity index (χ4v) is 7.34. The van der Waals surface area contributed by atoms with Gasteiger partial charge < -0.3 is 15.5 Å². The summed E-state index contributed by atoms with van der Waals surface area (Å²) in [6, 6.07) is 0. The highest BCUT2D eigenvalue weighted by atomic mass is 16.4. The fourth-order valence-electron chi connectivity index (χ4n) is 7.34. The number of rotatable bonds is 1. The Labute approximate surface area is 155 Å². The Morgan fingerprint density at radius 2 is 1.77 bits per heavy atom. The summed E-state index contributed by atoms with van der Waals surface area (Å²) in [6.45, 7) is 6.40. The summed E-state index contributed by atoms with van der Waals surface area (Å²) in [7, 11) is 0. The predicted molar refractivity (Wildman–Crippen MR) is 101 cm³/mol. The molecule has 0 saturated heterocycles. The Morgan fingerprint density at radius 3 is 2.46 bits per heavy atom. The predicted octanol–water partition coefficient (Wildman–Crippen LogP) is 4.36. The monoisotopic (exact) mass is 360 g/mol. The number of fused-ring (bicyclic) bond motifs is 5. The van der Waals surface area contributed by atoms with Crippen molar-refractivity contribution in [2.45, 2.75) is 77.7 Å². The highest BCUT2D eigenvalue weighted by Crippen LogP contribution is 2.67. The van der Waals surface area contributed by atoms with E-state index in [1.807, 2.05) is 0 Å². The van der Waals surface area contributed by atoms with Crippen LogP contribution in [0.4, 0.5) is 0 Å². The molecule has 0 heterocycles. The first-order valence-corrected chi connectivity index (χ1v) is 10.1. The zero-order chi connectivity index (χ0) is 18.7. The minimum absolute atomic E-state index is 0.194. The Balaban J connectivity index is 1.68. The maximum absolute atomic E-state index is 11.4. The molecule has 6 atom stereocenters. The van der Waals surface area contributed by atoms with Gasteiger partial charge in [0.25, 0.3) is 0 Å². The fraction of sp³-hybridized carbons (Fsp3) is 0.810. The third-order valence-corrected chi connectivity index (χ3v) is 9.01. The Hall–Kier alpha value is -1.36. The number of aliphatic hydroxyl groups is 1. The molecule has 0 bridgehead atoms. The Bertz CT molecular complexity index is 699. The first-order valence-electron chi connectivity index (χ1n) is 10.1. The molecule has 0 aliphatic heterocycles. The van der Waals surface area contributed by atoms with E-state index in [9.17, 15) is 15.5 Å². The van der Waals surface area contributed by atoms with E-state index in [0.29, 0.717) is 29.9 Å². The topological polar surface area (TPSA) is 85.4 Å². The van der Waals surface area contributed by atoms with Crippen LogP contribution in [0.2, 0.25) is 0 Å². The molecule has 3 N–H and O–H groups in total. The zero-order valence-electron chi connectivity index (χ0n) is 16.2. The molecule has 0 radical (unpaired) electrons. The number of allylic oxidation sites excluding steroid dienone is 2. The van der Waals surface area contributed by atoms with Crippen LogP contribution in [0.1, 0.15) is 72.1 Å².